The number of hydrogen-bond acceptors (Lipinski definition) is 9. The number of anilines is 2. The van der Waals surface area contributed by atoms with Gasteiger partial charge in [0.15, 0.2) is 0 Å². The first kappa shape index (κ1) is 19.3. The number of nitro groups is 1. The number of nitrogens with zero attached hydrogens (tertiary/aromatic N) is 6. The van der Waals surface area contributed by atoms with Crippen LogP contribution in [0.2, 0.25) is 0 Å². The van der Waals surface area contributed by atoms with Crippen molar-refractivity contribution in [1.82, 2.24) is 14.9 Å². The largest absolute Gasteiger partial charge is 0.466 e. The molecule has 0 radical (unpaired) electrons. The van der Waals surface area contributed by atoms with Gasteiger partial charge in [0.05, 0.1) is 17.4 Å². The Balaban J connectivity index is 1.79. The molecule has 10 heteroatoms. The first-order chi connectivity index (χ1) is 13.0. The van der Waals surface area contributed by atoms with Gasteiger partial charge in [0, 0.05) is 39.3 Å². The van der Waals surface area contributed by atoms with Gasteiger partial charge >= 0.3 is 11.7 Å². The van der Waals surface area contributed by atoms with Crippen molar-refractivity contribution >= 4 is 23.3 Å². The van der Waals surface area contributed by atoms with Crippen LogP contribution in [0, 0.1) is 16.0 Å². The van der Waals surface area contributed by atoms with Crippen LogP contribution in [0.25, 0.3) is 0 Å². The Morgan fingerprint density at radius 2 is 1.70 bits per heavy atom. The molecule has 27 heavy (non-hydrogen) atoms. The minimum absolute atomic E-state index is 0.0448. The fourth-order valence-electron chi connectivity index (χ4n) is 3.59. The van der Waals surface area contributed by atoms with E-state index in [2.05, 4.69) is 14.9 Å². The molecule has 2 fully saturated rings. The number of rotatable bonds is 5. The normalized spacial score (nSPS) is 19.2. The molecule has 0 unspecified atom stereocenters. The van der Waals surface area contributed by atoms with Gasteiger partial charge in [-0.2, -0.15) is 0 Å². The highest BCUT2D eigenvalue weighted by molar-refractivity contribution is 5.74. The summed E-state index contributed by atoms with van der Waals surface area (Å²) in [5, 5.41) is 11.8. The van der Waals surface area contributed by atoms with Gasteiger partial charge in [0.25, 0.3) is 0 Å². The van der Waals surface area contributed by atoms with Gasteiger partial charge < -0.3 is 19.4 Å². The van der Waals surface area contributed by atoms with E-state index in [1.54, 1.807) is 6.92 Å². The average Bonchev–Trinajstić information content (AvgIpc) is 2.68. The van der Waals surface area contributed by atoms with Crippen LogP contribution in [-0.2, 0) is 9.53 Å². The van der Waals surface area contributed by atoms with Gasteiger partial charge in [-0.05, 0) is 26.8 Å². The first-order valence-electron chi connectivity index (χ1n) is 9.35. The number of aromatic nitrogens is 2. The molecule has 1 aromatic heterocycles. The van der Waals surface area contributed by atoms with Crippen molar-refractivity contribution in [2.24, 2.45) is 5.92 Å². The zero-order valence-electron chi connectivity index (χ0n) is 15.8. The van der Waals surface area contributed by atoms with Crippen molar-refractivity contribution in [3.63, 3.8) is 0 Å². The Bertz CT molecular complexity index is 684. The van der Waals surface area contributed by atoms with Crippen LogP contribution in [0.15, 0.2) is 6.33 Å². The Kier molecular flexibility index (Phi) is 6.04. The molecule has 0 N–H and O–H groups in total. The summed E-state index contributed by atoms with van der Waals surface area (Å²) in [7, 11) is 2.03. The molecule has 3 rings (SSSR count). The summed E-state index contributed by atoms with van der Waals surface area (Å²) in [6, 6.07) is 0. The maximum absolute atomic E-state index is 11.9. The predicted octanol–water partition coefficient (Wildman–Crippen LogP) is 0.916. The summed E-state index contributed by atoms with van der Waals surface area (Å²) in [5.74, 6) is 0.378. The topological polar surface area (TPSA) is 105 Å². The van der Waals surface area contributed by atoms with Crippen LogP contribution in [0.4, 0.5) is 17.3 Å². The lowest BCUT2D eigenvalue weighted by Crippen LogP contribution is -2.45. The minimum Gasteiger partial charge on any atom is -0.466 e. The molecule has 0 amide bonds. The third-order valence-electron chi connectivity index (χ3n) is 5.18. The Hall–Kier alpha value is -2.49. The maximum atomic E-state index is 11.9. The van der Waals surface area contributed by atoms with E-state index in [4.69, 9.17) is 4.74 Å². The predicted molar refractivity (Wildman–Crippen MR) is 100.0 cm³/mol. The van der Waals surface area contributed by atoms with Gasteiger partial charge in [0.2, 0.25) is 11.6 Å². The van der Waals surface area contributed by atoms with E-state index in [0.717, 1.165) is 13.1 Å². The summed E-state index contributed by atoms with van der Waals surface area (Å²) < 4.78 is 5.09. The molecule has 0 bridgehead atoms. The smallest absolute Gasteiger partial charge is 0.353 e. The van der Waals surface area contributed by atoms with Gasteiger partial charge in [-0.15, -0.1) is 0 Å². The molecule has 0 saturated carbocycles. The monoisotopic (exact) mass is 378 g/mol. The van der Waals surface area contributed by atoms with E-state index in [1.807, 2.05) is 16.8 Å². The van der Waals surface area contributed by atoms with Gasteiger partial charge in [-0.1, -0.05) is 0 Å². The highest BCUT2D eigenvalue weighted by Crippen LogP contribution is 2.36. The van der Waals surface area contributed by atoms with E-state index >= 15 is 0 Å². The Labute approximate surface area is 158 Å². The zero-order valence-corrected chi connectivity index (χ0v) is 15.8. The Morgan fingerprint density at radius 1 is 1.15 bits per heavy atom. The molecule has 0 atom stereocenters. The highest BCUT2D eigenvalue weighted by atomic mass is 16.6. The molecule has 3 heterocycles. The quantitative estimate of drug-likeness (QED) is 0.420. The lowest BCUT2D eigenvalue weighted by molar-refractivity contribution is -0.383. The summed E-state index contributed by atoms with van der Waals surface area (Å²) in [6.07, 6.45) is 2.60. The van der Waals surface area contributed by atoms with Crippen LogP contribution in [-0.4, -0.2) is 78.7 Å². The van der Waals surface area contributed by atoms with E-state index in [0.29, 0.717) is 57.3 Å². The number of carbonyl (C=O) groups excluding carboxylic acids is 1. The fraction of sp³-hybridized carbons (Fsp3) is 0.706. The van der Waals surface area contributed by atoms with Crippen molar-refractivity contribution < 1.29 is 14.5 Å². The van der Waals surface area contributed by atoms with Crippen LogP contribution >= 0.6 is 0 Å². The molecule has 1 aromatic rings. The highest BCUT2D eigenvalue weighted by Gasteiger charge is 2.34. The lowest BCUT2D eigenvalue weighted by atomic mass is 9.97. The first-order valence-corrected chi connectivity index (χ1v) is 9.35. The molecule has 2 saturated heterocycles. The SMILES string of the molecule is CCOC(=O)C1CCN(c2ncnc(N3CCN(C)CC3)c2[N+](=O)[O-])CC1. The Morgan fingerprint density at radius 3 is 2.22 bits per heavy atom. The van der Waals surface area contributed by atoms with Crippen LogP contribution < -0.4 is 9.80 Å². The molecule has 0 spiro atoms. The van der Waals surface area contributed by atoms with E-state index in [1.165, 1.54) is 6.33 Å². The number of likely N-dealkylation sites (N-methyl/N-ethyl adjacent to an activating group) is 1. The van der Waals surface area contributed by atoms with Crippen molar-refractivity contribution in [3.05, 3.63) is 16.4 Å². The number of esters is 1. The van der Waals surface area contributed by atoms with E-state index in [-0.39, 0.29) is 22.5 Å². The maximum Gasteiger partial charge on any atom is 0.353 e. The van der Waals surface area contributed by atoms with Crippen molar-refractivity contribution in [2.75, 3.05) is 62.7 Å². The number of hydrogen-bond donors (Lipinski definition) is 0. The standard InChI is InChI=1S/C17H26N6O4/c1-3-27-17(24)13-4-6-21(7-5-13)15-14(23(25)26)16(19-12-18-15)22-10-8-20(2)9-11-22/h12-13H,3-11H2,1-2H3. The lowest BCUT2D eigenvalue weighted by Gasteiger charge is -2.34. The van der Waals surface area contributed by atoms with Crippen molar-refractivity contribution in [1.29, 1.82) is 0 Å². The summed E-state index contributed by atoms with van der Waals surface area (Å²) in [6.45, 7) is 6.27. The number of ether oxygens (including phenoxy) is 1. The molecule has 2 aliphatic heterocycles. The third-order valence-corrected chi connectivity index (χ3v) is 5.18. The van der Waals surface area contributed by atoms with Crippen LogP contribution in [0.3, 0.4) is 0 Å². The van der Waals surface area contributed by atoms with E-state index < -0.39 is 0 Å². The van der Waals surface area contributed by atoms with Crippen molar-refractivity contribution in [2.45, 2.75) is 19.8 Å². The molecular weight excluding hydrogens is 352 g/mol. The molecule has 10 nitrogen and oxygen atoms in total. The number of carbonyl (C=O) groups is 1. The van der Waals surface area contributed by atoms with Crippen LogP contribution in [0.5, 0.6) is 0 Å². The molecule has 2 aliphatic rings. The third kappa shape index (κ3) is 4.26. The molecule has 0 aliphatic carbocycles. The number of piperazine rings is 1. The van der Waals surface area contributed by atoms with Crippen LogP contribution in [0.1, 0.15) is 19.8 Å². The summed E-state index contributed by atoms with van der Waals surface area (Å²) in [4.78, 5) is 37.8. The average molecular weight is 378 g/mol. The van der Waals surface area contributed by atoms with Gasteiger partial charge in [0.1, 0.15) is 6.33 Å². The summed E-state index contributed by atoms with van der Waals surface area (Å²) >= 11 is 0. The number of piperidine rings is 1. The fourth-order valence-corrected chi connectivity index (χ4v) is 3.59. The molecule has 148 valence electrons. The van der Waals surface area contributed by atoms with Gasteiger partial charge in [-0.25, -0.2) is 9.97 Å². The minimum atomic E-state index is -0.388. The molecule has 0 aromatic carbocycles. The summed E-state index contributed by atoms with van der Waals surface area (Å²) in [5.41, 5.74) is -0.0448. The zero-order chi connectivity index (χ0) is 19.4. The molecular formula is C17H26N6O4. The second-order valence-corrected chi connectivity index (χ2v) is 6.93. The van der Waals surface area contributed by atoms with Crippen molar-refractivity contribution in [3.8, 4) is 0 Å². The second-order valence-electron chi connectivity index (χ2n) is 6.93. The van der Waals surface area contributed by atoms with Gasteiger partial charge in [-0.3, -0.25) is 14.9 Å². The second kappa shape index (κ2) is 8.47. The van der Waals surface area contributed by atoms with E-state index in [9.17, 15) is 14.9 Å².